The molecule has 0 bridgehead atoms. The van der Waals surface area contributed by atoms with Crippen molar-refractivity contribution < 1.29 is 27.5 Å². The molecule has 0 spiro atoms. The second-order valence-corrected chi connectivity index (χ2v) is 9.88. The van der Waals surface area contributed by atoms with Gasteiger partial charge in [-0.05, 0) is 80.4 Å². The lowest BCUT2D eigenvalue weighted by Gasteiger charge is -2.20. The number of sulfonamides is 1. The number of esters is 1. The van der Waals surface area contributed by atoms with Crippen molar-refractivity contribution in [2.75, 3.05) is 18.5 Å². The van der Waals surface area contributed by atoms with Crippen molar-refractivity contribution in [3.05, 3.63) is 89.0 Å². The van der Waals surface area contributed by atoms with Crippen LogP contribution in [0.4, 0.5) is 5.69 Å². The number of anilines is 1. The number of hydrogen-bond acceptors (Lipinski definition) is 6. The van der Waals surface area contributed by atoms with Crippen LogP contribution in [0, 0.1) is 13.8 Å². The zero-order valence-corrected chi connectivity index (χ0v) is 20.5. The molecular weight excluding hydrogens is 454 g/mol. The van der Waals surface area contributed by atoms with E-state index in [1.54, 1.807) is 36.4 Å². The van der Waals surface area contributed by atoms with E-state index in [4.69, 9.17) is 9.47 Å². The van der Waals surface area contributed by atoms with Gasteiger partial charge in [0.25, 0.3) is 10.0 Å². The van der Waals surface area contributed by atoms with Gasteiger partial charge in [0.1, 0.15) is 5.75 Å². The number of benzene rings is 3. The summed E-state index contributed by atoms with van der Waals surface area (Å²) in [5, 5.41) is 0. The van der Waals surface area contributed by atoms with E-state index in [2.05, 4.69) is 0 Å². The van der Waals surface area contributed by atoms with Crippen LogP contribution < -0.4 is 9.04 Å². The maximum Gasteiger partial charge on any atom is 0.338 e. The van der Waals surface area contributed by atoms with Crippen molar-refractivity contribution in [3.63, 3.8) is 0 Å². The Labute approximate surface area is 200 Å². The third-order valence-electron chi connectivity index (χ3n) is 5.61. The number of carbonyl (C=O) groups excluding carboxylic acids is 2. The van der Waals surface area contributed by atoms with Crippen molar-refractivity contribution in [1.29, 1.82) is 0 Å². The lowest BCUT2D eigenvalue weighted by atomic mass is 10.0. The standard InChI is InChI=1S/C26H27NO6S/c1-17-9-10-20(15-18(17)2)25(28)19(3)33-26(29)21-7-6-8-24(16-21)34(30,31)27(4)22-11-13-23(32-5)14-12-22/h6-16,19H,1-5H3. The number of methoxy groups -OCH3 is 1. The summed E-state index contributed by atoms with van der Waals surface area (Å²) in [6.07, 6.45) is -1.03. The Balaban J connectivity index is 1.78. The topological polar surface area (TPSA) is 90.0 Å². The molecule has 1 unspecified atom stereocenters. The maximum absolute atomic E-state index is 13.1. The van der Waals surface area contributed by atoms with E-state index in [1.165, 1.54) is 45.3 Å². The summed E-state index contributed by atoms with van der Waals surface area (Å²) in [4.78, 5) is 25.3. The van der Waals surface area contributed by atoms with Crippen LogP contribution in [0.15, 0.2) is 71.6 Å². The van der Waals surface area contributed by atoms with Crippen LogP contribution in [0.1, 0.15) is 38.8 Å². The number of ether oxygens (including phenoxy) is 2. The first-order chi connectivity index (χ1) is 16.0. The number of nitrogens with zero attached hydrogens (tertiary/aromatic N) is 1. The highest BCUT2D eigenvalue weighted by atomic mass is 32.2. The first-order valence-electron chi connectivity index (χ1n) is 10.6. The fourth-order valence-corrected chi connectivity index (χ4v) is 4.53. The Morgan fingerprint density at radius 1 is 0.882 bits per heavy atom. The molecule has 0 aliphatic rings. The number of hydrogen-bond donors (Lipinski definition) is 0. The van der Waals surface area contributed by atoms with E-state index in [0.29, 0.717) is 17.0 Å². The molecule has 0 aliphatic heterocycles. The molecule has 0 aliphatic carbocycles. The van der Waals surface area contributed by atoms with Crippen LogP contribution in [-0.2, 0) is 14.8 Å². The molecule has 0 aromatic heterocycles. The molecule has 1 atom stereocenters. The van der Waals surface area contributed by atoms with Crippen LogP contribution in [0.25, 0.3) is 0 Å². The van der Waals surface area contributed by atoms with Gasteiger partial charge >= 0.3 is 5.97 Å². The van der Waals surface area contributed by atoms with Gasteiger partial charge in [0.2, 0.25) is 5.78 Å². The molecule has 178 valence electrons. The summed E-state index contributed by atoms with van der Waals surface area (Å²) >= 11 is 0. The Kier molecular flexibility index (Phi) is 7.41. The smallest absolute Gasteiger partial charge is 0.338 e. The first kappa shape index (κ1) is 25.0. The SMILES string of the molecule is COc1ccc(N(C)S(=O)(=O)c2cccc(C(=O)OC(C)C(=O)c3ccc(C)c(C)c3)c2)cc1. The van der Waals surface area contributed by atoms with Crippen LogP contribution in [0.3, 0.4) is 0 Å². The summed E-state index contributed by atoms with van der Waals surface area (Å²) in [6.45, 7) is 5.34. The minimum Gasteiger partial charge on any atom is -0.497 e. The summed E-state index contributed by atoms with van der Waals surface area (Å²) in [7, 11) is -0.999. The van der Waals surface area contributed by atoms with Crippen LogP contribution >= 0.6 is 0 Å². The second kappa shape index (κ2) is 10.1. The highest BCUT2D eigenvalue weighted by Crippen LogP contribution is 2.25. The molecular formula is C26H27NO6S. The fourth-order valence-electron chi connectivity index (χ4n) is 3.28. The summed E-state index contributed by atoms with van der Waals surface area (Å²) in [5.41, 5.74) is 2.92. The fraction of sp³-hybridized carbons (Fsp3) is 0.231. The van der Waals surface area contributed by atoms with Crippen LogP contribution in [-0.4, -0.2) is 40.4 Å². The van der Waals surface area contributed by atoms with Crippen molar-refractivity contribution in [2.24, 2.45) is 0 Å². The summed E-state index contributed by atoms with van der Waals surface area (Å²) in [5.74, 6) is -0.517. The predicted octanol–water partition coefficient (Wildman–Crippen LogP) is 4.57. The Morgan fingerprint density at radius 3 is 2.18 bits per heavy atom. The minimum absolute atomic E-state index is 0.0314. The van der Waals surface area contributed by atoms with Gasteiger partial charge in [-0.3, -0.25) is 9.10 Å². The molecule has 0 saturated carbocycles. The third-order valence-corrected chi connectivity index (χ3v) is 7.39. The van der Waals surface area contributed by atoms with Gasteiger partial charge < -0.3 is 9.47 Å². The van der Waals surface area contributed by atoms with Crippen LogP contribution in [0.2, 0.25) is 0 Å². The van der Waals surface area contributed by atoms with E-state index in [9.17, 15) is 18.0 Å². The molecule has 0 radical (unpaired) electrons. The van der Waals surface area contributed by atoms with E-state index >= 15 is 0 Å². The maximum atomic E-state index is 13.1. The van der Waals surface area contributed by atoms with Crippen molar-refractivity contribution in [2.45, 2.75) is 31.8 Å². The molecule has 3 aromatic rings. The van der Waals surface area contributed by atoms with Gasteiger partial charge in [0.15, 0.2) is 6.10 Å². The van der Waals surface area contributed by atoms with E-state index in [-0.39, 0.29) is 16.2 Å². The number of Topliss-reactive ketones (excluding diaryl/α,β-unsaturated/α-hetero) is 1. The van der Waals surface area contributed by atoms with Gasteiger partial charge in [-0.1, -0.05) is 18.2 Å². The monoisotopic (exact) mass is 481 g/mol. The zero-order valence-electron chi connectivity index (χ0n) is 19.7. The highest BCUT2D eigenvalue weighted by Gasteiger charge is 2.25. The molecule has 0 saturated heterocycles. The number of rotatable bonds is 8. The quantitative estimate of drug-likeness (QED) is 0.346. The Morgan fingerprint density at radius 2 is 1.56 bits per heavy atom. The molecule has 3 rings (SSSR count). The predicted molar refractivity (Wildman–Crippen MR) is 130 cm³/mol. The Bertz CT molecular complexity index is 1320. The number of carbonyl (C=O) groups is 2. The van der Waals surface area contributed by atoms with Crippen molar-refractivity contribution >= 4 is 27.5 Å². The first-order valence-corrected chi connectivity index (χ1v) is 12.0. The van der Waals surface area contributed by atoms with Gasteiger partial charge in [-0.25, -0.2) is 13.2 Å². The lowest BCUT2D eigenvalue weighted by Crippen LogP contribution is -2.27. The molecule has 0 fully saturated rings. The largest absolute Gasteiger partial charge is 0.497 e. The van der Waals surface area contributed by atoms with E-state index < -0.39 is 22.1 Å². The average molecular weight is 482 g/mol. The number of aryl methyl sites for hydroxylation is 2. The molecule has 0 amide bonds. The lowest BCUT2D eigenvalue weighted by molar-refractivity contribution is 0.0318. The molecule has 8 heteroatoms. The third kappa shape index (κ3) is 5.28. The molecule has 34 heavy (non-hydrogen) atoms. The summed E-state index contributed by atoms with van der Waals surface area (Å²) in [6, 6.07) is 17.4. The molecule has 3 aromatic carbocycles. The van der Waals surface area contributed by atoms with Gasteiger partial charge in [0, 0.05) is 12.6 Å². The second-order valence-electron chi connectivity index (χ2n) is 7.91. The zero-order chi connectivity index (χ0) is 25.0. The summed E-state index contributed by atoms with van der Waals surface area (Å²) < 4.78 is 37.8. The molecule has 0 N–H and O–H groups in total. The van der Waals surface area contributed by atoms with Gasteiger partial charge in [0.05, 0.1) is 23.3 Å². The number of ketones is 1. The van der Waals surface area contributed by atoms with Crippen molar-refractivity contribution in [1.82, 2.24) is 0 Å². The van der Waals surface area contributed by atoms with Crippen molar-refractivity contribution in [3.8, 4) is 5.75 Å². The highest BCUT2D eigenvalue weighted by molar-refractivity contribution is 7.92. The van der Waals surface area contributed by atoms with Gasteiger partial charge in [-0.15, -0.1) is 0 Å². The van der Waals surface area contributed by atoms with E-state index in [0.717, 1.165) is 15.4 Å². The molecule has 0 heterocycles. The molecule has 7 nitrogen and oxygen atoms in total. The van der Waals surface area contributed by atoms with Crippen LogP contribution in [0.5, 0.6) is 5.75 Å². The normalized spacial score (nSPS) is 12.0. The van der Waals surface area contributed by atoms with E-state index in [1.807, 2.05) is 19.9 Å². The minimum atomic E-state index is -3.95. The Hall–Kier alpha value is -3.65. The average Bonchev–Trinajstić information content (AvgIpc) is 2.84. The van der Waals surface area contributed by atoms with Gasteiger partial charge in [-0.2, -0.15) is 0 Å².